The number of hydrogen-bond donors (Lipinski definition) is 4. The highest BCUT2D eigenvalue weighted by Gasteiger charge is 2.45. The molecular weight excluding hydrogens is 230 g/mol. The monoisotopic (exact) mass is 247 g/mol. The van der Waals surface area contributed by atoms with Crippen LogP contribution in [-0.4, -0.2) is 63.3 Å². The summed E-state index contributed by atoms with van der Waals surface area (Å²) < 4.78 is 10.3. The van der Waals surface area contributed by atoms with Crippen LogP contribution in [0.3, 0.4) is 0 Å². The first-order chi connectivity index (χ1) is 7.82. The first-order valence-electron chi connectivity index (χ1n) is 5.22. The predicted molar refractivity (Wildman–Crippen MR) is 54.5 cm³/mol. The molecule has 1 saturated heterocycles. The Labute approximate surface area is 98.8 Å². The molecule has 5 atom stereocenters. The van der Waals surface area contributed by atoms with Crippen LogP contribution in [0.4, 0.5) is 0 Å². The van der Waals surface area contributed by atoms with E-state index in [0.717, 1.165) is 0 Å². The van der Waals surface area contributed by atoms with E-state index in [0.29, 0.717) is 0 Å². The maximum absolute atomic E-state index is 9.63. The Bertz CT molecular complexity index is 300. The predicted octanol–water partition coefficient (Wildman–Crippen LogP) is -1.89. The van der Waals surface area contributed by atoms with Crippen molar-refractivity contribution in [2.24, 2.45) is 0 Å². The van der Waals surface area contributed by atoms with Crippen molar-refractivity contribution in [3.63, 3.8) is 0 Å². The van der Waals surface area contributed by atoms with Crippen LogP contribution in [0.2, 0.25) is 0 Å². The number of nitrogens with zero attached hydrogens (tertiary/aromatic N) is 1. The second kappa shape index (κ2) is 5.27. The van der Waals surface area contributed by atoms with E-state index in [2.05, 4.69) is 0 Å². The van der Waals surface area contributed by atoms with Crippen molar-refractivity contribution in [2.75, 3.05) is 6.61 Å². The summed E-state index contributed by atoms with van der Waals surface area (Å²) >= 11 is 0. The van der Waals surface area contributed by atoms with Crippen molar-refractivity contribution < 1.29 is 29.9 Å². The zero-order chi connectivity index (χ0) is 13.2. The van der Waals surface area contributed by atoms with Gasteiger partial charge >= 0.3 is 0 Å². The van der Waals surface area contributed by atoms with Crippen molar-refractivity contribution in [1.29, 1.82) is 5.26 Å². The normalized spacial score (nSPS) is 38.8. The topological polar surface area (TPSA) is 123 Å². The standard InChI is InChI=1S/C10H17NO6/c1-10(2,4-11)17-9-8(15)7(14)6(13)5(3-12)16-9/h5-9,12-15H,3H2,1-2H3/t5-,6-,7+,8-,9?/m1/s1. The summed E-state index contributed by atoms with van der Waals surface area (Å²) in [6, 6.07) is 1.85. The fourth-order valence-electron chi connectivity index (χ4n) is 1.48. The molecule has 1 heterocycles. The van der Waals surface area contributed by atoms with Crippen LogP contribution in [0.5, 0.6) is 0 Å². The molecule has 0 aliphatic carbocycles. The molecule has 0 saturated carbocycles. The van der Waals surface area contributed by atoms with E-state index in [-0.39, 0.29) is 0 Å². The molecule has 0 spiro atoms. The number of ether oxygens (including phenoxy) is 2. The van der Waals surface area contributed by atoms with Crippen LogP contribution >= 0.6 is 0 Å². The lowest BCUT2D eigenvalue weighted by atomic mass is 9.99. The molecule has 1 rings (SSSR count). The number of nitriles is 1. The maximum Gasteiger partial charge on any atom is 0.188 e. The Kier molecular flexibility index (Phi) is 4.43. The van der Waals surface area contributed by atoms with Gasteiger partial charge in [-0.15, -0.1) is 0 Å². The van der Waals surface area contributed by atoms with Crippen LogP contribution in [0, 0.1) is 11.3 Å². The summed E-state index contributed by atoms with van der Waals surface area (Å²) in [6.45, 7) is 2.40. The SMILES string of the molecule is CC(C)(C#N)OC1O[C@H](CO)[C@@H](O)[C@H](O)[C@H]1O. The first kappa shape index (κ1) is 14.3. The average Bonchev–Trinajstić information content (AvgIpc) is 2.30. The van der Waals surface area contributed by atoms with Gasteiger partial charge < -0.3 is 29.9 Å². The highest BCUT2D eigenvalue weighted by Crippen LogP contribution is 2.25. The fourth-order valence-corrected chi connectivity index (χ4v) is 1.48. The molecule has 0 amide bonds. The largest absolute Gasteiger partial charge is 0.394 e. The van der Waals surface area contributed by atoms with Crippen molar-refractivity contribution >= 4 is 0 Å². The lowest BCUT2D eigenvalue weighted by Gasteiger charge is -2.41. The summed E-state index contributed by atoms with van der Waals surface area (Å²) in [4.78, 5) is 0. The van der Waals surface area contributed by atoms with Gasteiger partial charge in [0.2, 0.25) is 0 Å². The van der Waals surface area contributed by atoms with Crippen LogP contribution in [-0.2, 0) is 9.47 Å². The third-order valence-electron chi connectivity index (χ3n) is 2.53. The minimum atomic E-state index is -1.50. The number of hydrogen-bond acceptors (Lipinski definition) is 7. The molecule has 0 aromatic carbocycles. The van der Waals surface area contributed by atoms with E-state index in [1.54, 1.807) is 0 Å². The van der Waals surface area contributed by atoms with Gasteiger partial charge in [-0.05, 0) is 13.8 Å². The lowest BCUT2D eigenvalue weighted by Crippen LogP contribution is -2.60. The molecule has 0 aromatic heterocycles. The van der Waals surface area contributed by atoms with Crippen molar-refractivity contribution in [1.82, 2.24) is 0 Å². The van der Waals surface area contributed by atoms with E-state index in [9.17, 15) is 15.3 Å². The highest BCUT2D eigenvalue weighted by atomic mass is 16.7. The maximum atomic E-state index is 9.63. The molecular formula is C10H17NO6. The van der Waals surface area contributed by atoms with Gasteiger partial charge in [-0.25, -0.2) is 0 Å². The molecule has 1 aliphatic rings. The molecule has 0 bridgehead atoms. The Morgan fingerprint density at radius 1 is 1.24 bits per heavy atom. The summed E-state index contributed by atoms with van der Waals surface area (Å²) in [6.07, 6.45) is -6.73. The second-order valence-corrected chi connectivity index (χ2v) is 4.44. The fraction of sp³-hybridized carbons (Fsp3) is 0.900. The molecule has 4 N–H and O–H groups in total. The third kappa shape index (κ3) is 3.13. The summed E-state index contributed by atoms with van der Waals surface area (Å²) in [7, 11) is 0. The zero-order valence-electron chi connectivity index (χ0n) is 9.65. The third-order valence-corrected chi connectivity index (χ3v) is 2.53. The van der Waals surface area contributed by atoms with Gasteiger partial charge in [0.15, 0.2) is 11.9 Å². The van der Waals surface area contributed by atoms with Gasteiger partial charge in [-0.2, -0.15) is 5.26 Å². The van der Waals surface area contributed by atoms with E-state index >= 15 is 0 Å². The molecule has 1 unspecified atom stereocenters. The van der Waals surface area contributed by atoms with Crippen molar-refractivity contribution in [3.05, 3.63) is 0 Å². The Morgan fingerprint density at radius 2 is 1.82 bits per heavy atom. The molecule has 0 aromatic rings. The van der Waals surface area contributed by atoms with Crippen LogP contribution < -0.4 is 0 Å². The van der Waals surface area contributed by atoms with Crippen molar-refractivity contribution in [3.8, 4) is 6.07 Å². The summed E-state index contributed by atoms with van der Waals surface area (Å²) in [5.41, 5.74) is -1.21. The Morgan fingerprint density at radius 3 is 2.29 bits per heavy atom. The molecule has 0 radical (unpaired) electrons. The van der Waals surface area contributed by atoms with E-state index in [4.69, 9.17) is 19.8 Å². The number of aliphatic hydroxyl groups is 4. The smallest absolute Gasteiger partial charge is 0.188 e. The summed E-state index contributed by atoms with van der Waals surface area (Å²) in [5.74, 6) is 0. The van der Waals surface area contributed by atoms with Gasteiger partial charge in [-0.3, -0.25) is 0 Å². The average molecular weight is 247 g/mol. The van der Waals surface area contributed by atoms with E-state index in [1.165, 1.54) is 13.8 Å². The van der Waals surface area contributed by atoms with E-state index in [1.807, 2.05) is 6.07 Å². The molecule has 7 nitrogen and oxygen atoms in total. The van der Waals surface area contributed by atoms with Gasteiger partial charge in [0, 0.05) is 0 Å². The molecule has 98 valence electrons. The molecule has 1 aliphatic heterocycles. The van der Waals surface area contributed by atoms with Gasteiger partial charge in [0.1, 0.15) is 24.4 Å². The van der Waals surface area contributed by atoms with Gasteiger partial charge in [0.25, 0.3) is 0 Å². The van der Waals surface area contributed by atoms with Crippen LogP contribution in [0.25, 0.3) is 0 Å². The van der Waals surface area contributed by atoms with Crippen molar-refractivity contribution in [2.45, 2.75) is 50.2 Å². The number of aliphatic hydroxyl groups excluding tert-OH is 4. The molecule has 7 heteroatoms. The molecule has 1 fully saturated rings. The van der Waals surface area contributed by atoms with E-state index < -0.39 is 42.9 Å². The Hall–Kier alpha value is -0.750. The minimum absolute atomic E-state index is 0.530. The lowest BCUT2D eigenvalue weighted by molar-refractivity contribution is -0.316. The quantitative estimate of drug-likeness (QED) is 0.459. The zero-order valence-corrected chi connectivity index (χ0v) is 9.65. The van der Waals surface area contributed by atoms with Gasteiger partial charge in [-0.1, -0.05) is 0 Å². The Balaban J connectivity index is 2.76. The van der Waals surface area contributed by atoms with Crippen LogP contribution in [0.1, 0.15) is 13.8 Å². The van der Waals surface area contributed by atoms with Crippen LogP contribution in [0.15, 0.2) is 0 Å². The molecule has 17 heavy (non-hydrogen) atoms. The second-order valence-electron chi connectivity index (χ2n) is 4.44. The summed E-state index contributed by atoms with van der Waals surface area (Å²) in [5, 5.41) is 46.3. The first-order valence-corrected chi connectivity index (χ1v) is 5.22. The van der Waals surface area contributed by atoms with Gasteiger partial charge in [0.05, 0.1) is 12.7 Å². The number of rotatable bonds is 3. The minimum Gasteiger partial charge on any atom is -0.394 e. The highest BCUT2D eigenvalue weighted by molar-refractivity contribution is 4.97.